The number of anilines is 2. The maximum atomic E-state index is 12.3. The number of ether oxygens (including phenoxy) is 1. The van der Waals surface area contributed by atoms with Crippen molar-refractivity contribution < 1.29 is 55.7 Å². The molecule has 222 valence electrons. The molecule has 12 nitrogen and oxygen atoms in total. The maximum absolute atomic E-state index is 12.3. The van der Waals surface area contributed by atoms with Crippen LogP contribution in [0.15, 0.2) is 0 Å². The van der Waals surface area contributed by atoms with Crippen molar-refractivity contribution in [2.45, 2.75) is 25.2 Å². The molecule has 1 aromatic rings. The topological polar surface area (TPSA) is 140 Å². The Morgan fingerprint density at radius 3 is 1.69 bits per heavy atom. The van der Waals surface area contributed by atoms with E-state index in [0.717, 1.165) is 49.0 Å². The van der Waals surface area contributed by atoms with Gasteiger partial charge in [-0.2, -0.15) is 31.3 Å². The van der Waals surface area contributed by atoms with Crippen molar-refractivity contribution in [3.05, 3.63) is 11.3 Å². The lowest BCUT2D eigenvalue weighted by molar-refractivity contribution is -0.193. The van der Waals surface area contributed by atoms with E-state index in [0.29, 0.717) is 26.3 Å². The molecule has 2 aliphatic heterocycles. The quantitative estimate of drug-likeness (QED) is 0.501. The van der Waals surface area contributed by atoms with Crippen LogP contribution in [0.3, 0.4) is 0 Å². The Bertz CT molecular complexity index is 975. The fraction of sp³-hybridized carbons (Fsp3) is 0.667. The van der Waals surface area contributed by atoms with E-state index in [2.05, 4.69) is 4.90 Å². The van der Waals surface area contributed by atoms with Gasteiger partial charge in [-0.1, -0.05) is 0 Å². The van der Waals surface area contributed by atoms with Crippen LogP contribution < -0.4 is 9.80 Å². The van der Waals surface area contributed by atoms with Gasteiger partial charge >= 0.3 is 30.3 Å². The number of halogens is 6. The molecule has 0 radical (unpaired) electrons. The Morgan fingerprint density at radius 2 is 1.28 bits per heavy atom. The number of hydrogen-bond acceptors (Lipinski definition) is 8. The standard InChI is InChI=1S/C17H28N6O2.2C2HF3O2/c1-20(2)15-13-5-7-23(17(24)21(3)4)8-6-14(13)18-16(19-15)22-9-11-25-12-10-22;2*3-2(4,5)1(6)7/h5-12H2,1-4H3;2*(H,6,7). The van der Waals surface area contributed by atoms with Crippen LogP contribution in [0.1, 0.15) is 11.3 Å². The van der Waals surface area contributed by atoms with E-state index < -0.39 is 24.3 Å². The van der Waals surface area contributed by atoms with Crippen molar-refractivity contribution in [3.8, 4) is 0 Å². The number of aliphatic carboxylic acids is 2. The number of aromatic nitrogens is 2. The predicted octanol–water partition coefficient (Wildman–Crippen LogP) is 1.73. The Balaban J connectivity index is 0.000000449. The highest BCUT2D eigenvalue weighted by Crippen LogP contribution is 2.26. The molecule has 0 aromatic carbocycles. The second kappa shape index (κ2) is 14.0. The number of carboxylic acids is 2. The summed E-state index contributed by atoms with van der Waals surface area (Å²) in [6.07, 6.45) is -8.62. The summed E-state index contributed by atoms with van der Waals surface area (Å²) in [5.41, 5.74) is 2.23. The number of urea groups is 1. The molecule has 3 rings (SSSR count). The van der Waals surface area contributed by atoms with Gasteiger partial charge in [0.05, 0.1) is 18.9 Å². The molecular formula is C21H30F6N6O6. The third-order valence-corrected chi connectivity index (χ3v) is 5.16. The highest BCUT2D eigenvalue weighted by molar-refractivity contribution is 5.74. The largest absolute Gasteiger partial charge is 0.490 e. The maximum Gasteiger partial charge on any atom is 0.490 e. The second-order valence-electron chi connectivity index (χ2n) is 8.54. The van der Waals surface area contributed by atoms with E-state index in [9.17, 15) is 31.1 Å². The zero-order valence-corrected chi connectivity index (χ0v) is 21.6. The monoisotopic (exact) mass is 576 g/mol. The fourth-order valence-corrected chi connectivity index (χ4v) is 3.32. The molecule has 0 bridgehead atoms. The number of morpholine rings is 1. The van der Waals surface area contributed by atoms with Crippen molar-refractivity contribution in [1.82, 2.24) is 19.8 Å². The number of nitrogens with zero attached hydrogens (tertiary/aromatic N) is 6. The first-order valence-corrected chi connectivity index (χ1v) is 11.3. The SMILES string of the molecule is CN(C)C(=O)N1CCc2nc(N3CCOCC3)nc(N(C)C)c2CC1.O=C(O)C(F)(F)F.O=C(O)C(F)(F)F. The van der Waals surface area contributed by atoms with Gasteiger partial charge in [-0.25, -0.2) is 19.4 Å². The van der Waals surface area contributed by atoms with E-state index in [4.69, 9.17) is 34.5 Å². The molecule has 0 aliphatic carbocycles. The molecule has 0 saturated carbocycles. The first-order valence-electron chi connectivity index (χ1n) is 11.3. The normalized spacial score (nSPS) is 15.4. The molecule has 1 saturated heterocycles. The Hall–Kier alpha value is -3.57. The van der Waals surface area contributed by atoms with E-state index in [1.54, 1.807) is 19.0 Å². The molecule has 39 heavy (non-hydrogen) atoms. The summed E-state index contributed by atoms with van der Waals surface area (Å²) in [5, 5.41) is 14.2. The average molecular weight is 576 g/mol. The van der Waals surface area contributed by atoms with Crippen LogP contribution in [-0.4, -0.2) is 128 Å². The van der Waals surface area contributed by atoms with E-state index in [1.165, 1.54) is 0 Å². The van der Waals surface area contributed by atoms with Crippen molar-refractivity contribution in [2.75, 3.05) is 77.4 Å². The van der Waals surface area contributed by atoms with E-state index in [1.807, 2.05) is 23.9 Å². The number of alkyl halides is 6. The minimum atomic E-state index is -5.08. The third kappa shape index (κ3) is 10.6. The molecule has 0 atom stereocenters. The van der Waals surface area contributed by atoms with Gasteiger partial charge in [0.25, 0.3) is 0 Å². The van der Waals surface area contributed by atoms with Gasteiger partial charge < -0.3 is 34.5 Å². The fourth-order valence-electron chi connectivity index (χ4n) is 3.32. The number of carboxylic acid groups (broad SMARTS) is 2. The Labute approximate surface area is 219 Å². The molecule has 2 N–H and O–H groups in total. The minimum Gasteiger partial charge on any atom is -0.475 e. The number of fused-ring (bicyclic) bond motifs is 1. The number of carbonyl (C=O) groups excluding carboxylic acids is 1. The van der Waals surface area contributed by atoms with Crippen LogP contribution in [0.5, 0.6) is 0 Å². The Morgan fingerprint density at radius 1 is 0.821 bits per heavy atom. The lowest BCUT2D eigenvalue weighted by Gasteiger charge is -2.28. The van der Waals surface area contributed by atoms with Gasteiger partial charge in [-0.05, 0) is 6.42 Å². The van der Waals surface area contributed by atoms with Gasteiger partial charge in [-0.3, -0.25) is 0 Å². The first kappa shape index (κ1) is 33.5. The van der Waals surface area contributed by atoms with Crippen molar-refractivity contribution >= 4 is 29.7 Å². The smallest absolute Gasteiger partial charge is 0.475 e. The summed E-state index contributed by atoms with van der Waals surface area (Å²) in [6.45, 7) is 4.45. The number of hydrogen-bond donors (Lipinski definition) is 2. The van der Waals surface area contributed by atoms with Crippen molar-refractivity contribution in [2.24, 2.45) is 0 Å². The van der Waals surface area contributed by atoms with Crippen LogP contribution in [0.2, 0.25) is 0 Å². The molecular weight excluding hydrogens is 546 g/mol. The predicted molar refractivity (Wildman–Crippen MR) is 125 cm³/mol. The summed E-state index contributed by atoms with van der Waals surface area (Å²) < 4.78 is 68.9. The lowest BCUT2D eigenvalue weighted by atomic mass is 10.1. The van der Waals surface area contributed by atoms with Gasteiger partial charge in [0, 0.05) is 66.4 Å². The summed E-state index contributed by atoms with van der Waals surface area (Å²) in [6, 6.07) is 0.0561. The van der Waals surface area contributed by atoms with Gasteiger partial charge in [0.15, 0.2) is 0 Å². The van der Waals surface area contributed by atoms with Crippen LogP contribution >= 0.6 is 0 Å². The van der Waals surface area contributed by atoms with Crippen LogP contribution in [0.4, 0.5) is 42.9 Å². The first-order chi connectivity index (χ1) is 17.9. The summed E-state index contributed by atoms with van der Waals surface area (Å²) in [4.78, 5) is 47.6. The van der Waals surface area contributed by atoms with E-state index in [-0.39, 0.29) is 6.03 Å². The van der Waals surface area contributed by atoms with Crippen LogP contribution in [0.25, 0.3) is 0 Å². The summed E-state index contributed by atoms with van der Waals surface area (Å²) in [5.74, 6) is -3.77. The lowest BCUT2D eigenvalue weighted by Crippen LogP contribution is -2.40. The second-order valence-corrected chi connectivity index (χ2v) is 8.54. The molecule has 1 aromatic heterocycles. The highest BCUT2D eigenvalue weighted by Gasteiger charge is 2.39. The minimum absolute atomic E-state index is 0.0561. The molecule has 2 aliphatic rings. The zero-order chi connectivity index (χ0) is 30.1. The third-order valence-electron chi connectivity index (χ3n) is 5.16. The highest BCUT2D eigenvalue weighted by atomic mass is 19.4. The molecule has 0 unspecified atom stereocenters. The van der Waals surface area contributed by atoms with Crippen LogP contribution in [-0.2, 0) is 27.2 Å². The van der Waals surface area contributed by atoms with Crippen molar-refractivity contribution in [1.29, 1.82) is 0 Å². The van der Waals surface area contributed by atoms with Gasteiger partial charge in [-0.15, -0.1) is 0 Å². The van der Waals surface area contributed by atoms with E-state index >= 15 is 0 Å². The summed E-state index contributed by atoms with van der Waals surface area (Å²) in [7, 11) is 7.61. The number of amides is 2. The molecule has 18 heteroatoms. The van der Waals surface area contributed by atoms with Crippen molar-refractivity contribution in [3.63, 3.8) is 0 Å². The molecule has 2 amide bonds. The summed E-state index contributed by atoms with van der Waals surface area (Å²) >= 11 is 0. The average Bonchev–Trinajstić information content (AvgIpc) is 3.05. The number of carbonyl (C=O) groups is 3. The van der Waals surface area contributed by atoms with Crippen LogP contribution in [0, 0.1) is 0 Å². The molecule has 0 spiro atoms. The number of rotatable bonds is 2. The Kier molecular flexibility index (Phi) is 12.0. The zero-order valence-electron chi connectivity index (χ0n) is 21.6. The molecule has 3 heterocycles. The van der Waals surface area contributed by atoms with Gasteiger partial charge in [0.1, 0.15) is 5.82 Å². The van der Waals surface area contributed by atoms with Gasteiger partial charge in [0.2, 0.25) is 5.95 Å². The molecule has 1 fully saturated rings.